The van der Waals surface area contributed by atoms with Crippen LogP contribution in [-0.2, 0) is 4.79 Å². The SMILES string of the molecule is O=C(COc1ccc(Cl)c(Cl)c1)N1CCN(c2ncnc3sccc23)CC1. The minimum absolute atomic E-state index is 0.0275. The zero-order valence-corrected chi connectivity index (χ0v) is 16.6. The maximum atomic E-state index is 12.4. The zero-order chi connectivity index (χ0) is 18.8. The van der Waals surface area contributed by atoms with Crippen molar-refractivity contribution >= 4 is 56.5 Å². The van der Waals surface area contributed by atoms with Crippen LogP contribution in [0, 0.1) is 0 Å². The van der Waals surface area contributed by atoms with Gasteiger partial charge in [0, 0.05) is 32.2 Å². The number of rotatable bonds is 4. The number of benzene rings is 1. The second-order valence-electron chi connectivity index (χ2n) is 6.07. The van der Waals surface area contributed by atoms with E-state index in [1.165, 1.54) is 0 Å². The maximum Gasteiger partial charge on any atom is 0.260 e. The molecule has 0 unspecified atom stereocenters. The van der Waals surface area contributed by atoms with E-state index >= 15 is 0 Å². The lowest BCUT2D eigenvalue weighted by Crippen LogP contribution is -2.50. The number of hydrogen-bond acceptors (Lipinski definition) is 6. The molecule has 1 fully saturated rings. The molecule has 0 radical (unpaired) electrons. The molecule has 6 nitrogen and oxygen atoms in total. The number of carbonyl (C=O) groups is 1. The Morgan fingerprint density at radius 2 is 1.93 bits per heavy atom. The Labute approximate surface area is 170 Å². The highest BCUT2D eigenvalue weighted by molar-refractivity contribution is 7.16. The molecule has 1 saturated heterocycles. The molecule has 0 atom stereocenters. The summed E-state index contributed by atoms with van der Waals surface area (Å²) >= 11 is 13.4. The van der Waals surface area contributed by atoms with Gasteiger partial charge in [-0.1, -0.05) is 23.2 Å². The second kappa shape index (κ2) is 7.88. The van der Waals surface area contributed by atoms with E-state index in [9.17, 15) is 4.79 Å². The van der Waals surface area contributed by atoms with Gasteiger partial charge in [-0.2, -0.15) is 0 Å². The molecule has 0 N–H and O–H groups in total. The number of piperazine rings is 1. The predicted octanol–water partition coefficient (Wildman–Crippen LogP) is 3.73. The van der Waals surface area contributed by atoms with E-state index in [1.807, 2.05) is 11.4 Å². The van der Waals surface area contributed by atoms with Crippen molar-refractivity contribution in [3.63, 3.8) is 0 Å². The first-order chi connectivity index (χ1) is 13.1. The summed E-state index contributed by atoms with van der Waals surface area (Å²) in [5.41, 5.74) is 0. The van der Waals surface area contributed by atoms with Crippen molar-refractivity contribution in [1.82, 2.24) is 14.9 Å². The van der Waals surface area contributed by atoms with Crippen LogP contribution < -0.4 is 9.64 Å². The minimum Gasteiger partial charge on any atom is -0.484 e. The molecule has 0 aliphatic carbocycles. The molecule has 1 aliphatic heterocycles. The van der Waals surface area contributed by atoms with E-state index in [1.54, 1.807) is 40.8 Å². The molecule has 1 amide bonds. The van der Waals surface area contributed by atoms with Gasteiger partial charge in [0.25, 0.3) is 5.91 Å². The predicted molar refractivity (Wildman–Crippen MR) is 108 cm³/mol. The molecule has 0 saturated carbocycles. The van der Waals surface area contributed by atoms with Crippen molar-refractivity contribution in [2.45, 2.75) is 0 Å². The lowest BCUT2D eigenvalue weighted by atomic mass is 10.2. The van der Waals surface area contributed by atoms with E-state index in [2.05, 4.69) is 14.9 Å². The van der Waals surface area contributed by atoms with Crippen molar-refractivity contribution in [3.05, 3.63) is 46.0 Å². The number of carbonyl (C=O) groups excluding carboxylic acids is 1. The Bertz CT molecular complexity index is 973. The van der Waals surface area contributed by atoms with Gasteiger partial charge >= 0.3 is 0 Å². The van der Waals surface area contributed by atoms with Gasteiger partial charge in [0.15, 0.2) is 6.61 Å². The Balaban J connectivity index is 1.34. The molecule has 0 spiro atoms. The normalized spacial score (nSPS) is 14.6. The van der Waals surface area contributed by atoms with Crippen LogP contribution in [0.15, 0.2) is 36.0 Å². The lowest BCUT2D eigenvalue weighted by molar-refractivity contribution is -0.133. The molecule has 1 aromatic carbocycles. The molecule has 27 heavy (non-hydrogen) atoms. The average Bonchev–Trinajstić information content (AvgIpc) is 3.18. The molecule has 9 heteroatoms. The van der Waals surface area contributed by atoms with Gasteiger partial charge in [-0.15, -0.1) is 11.3 Å². The third-order valence-electron chi connectivity index (χ3n) is 4.43. The third kappa shape index (κ3) is 3.95. The number of anilines is 1. The first kappa shape index (κ1) is 18.3. The van der Waals surface area contributed by atoms with Crippen LogP contribution in [-0.4, -0.2) is 53.6 Å². The van der Waals surface area contributed by atoms with Crippen molar-refractivity contribution in [2.24, 2.45) is 0 Å². The molecule has 140 valence electrons. The number of ether oxygens (including phenoxy) is 1. The van der Waals surface area contributed by atoms with E-state index < -0.39 is 0 Å². The number of thiophene rings is 1. The van der Waals surface area contributed by atoms with Crippen molar-refractivity contribution in [2.75, 3.05) is 37.7 Å². The van der Waals surface area contributed by atoms with Gasteiger partial charge in [0.1, 0.15) is 22.7 Å². The number of amides is 1. The Morgan fingerprint density at radius 1 is 1.11 bits per heavy atom. The second-order valence-corrected chi connectivity index (χ2v) is 7.78. The summed E-state index contributed by atoms with van der Waals surface area (Å²) in [6, 6.07) is 6.99. The fraction of sp³-hybridized carbons (Fsp3) is 0.278. The van der Waals surface area contributed by atoms with Crippen LogP contribution in [0.25, 0.3) is 10.2 Å². The molecular weight excluding hydrogens is 407 g/mol. The first-order valence-electron chi connectivity index (χ1n) is 8.40. The number of halogens is 2. The summed E-state index contributed by atoms with van der Waals surface area (Å²) in [6.45, 7) is 2.67. The van der Waals surface area contributed by atoms with Crippen LogP contribution in [0.3, 0.4) is 0 Å². The summed E-state index contributed by atoms with van der Waals surface area (Å²) in [5.74, 6) is 1.40. The zero-order valence-electron chi connectivity index (χ0n) is 14.3. The Hall–Kier alpha value is -2.09. The van der Waals surface area contributed by atoms with Crippen LogP contribution in [0.2, 0.25) is 10.0 Å². The quantitative estimate of drug-likeness (QED) is 0.640. The highest BCUT2D eigenvalue weighted by Gasteiger charge is 2.23. The number of fused-ring (bicyclic) bond motifs is 1. The average molecular weight is 423 g/mol. The first-order valence-corrected chi connectivity index (χ1v) is 10.0. The molecule has 3 aromatic rings. The van der Waals surface area contributed by atoms with E-state index in [4.69, 9.17) is 27.9 Å². The smallest absolute Gasteiger partial charge is 0.260 e. The molecular formula is C18H16Cl2N4O2S. The van der Waals surface area contributed by atoms with E-state index in [-0.39, 0.29) is 12.5 Å². The highest BCUT2D eigenvalue weighted by atomic mass is 35.5. The van der Waals surface area contributed by atoms with Crippen molar-refractivity contribution in [3.8, 4) is 5.75 Å². The van der Waals surface area contributed by atoms with Crippen LogP contribution in [0.5, 0.6) is 5.75 Å². The number of aromatic nitrogens is 2. The Kier molecular flexibility index (Phi) is 5.33. The molecule has 0 bridgehead atoms. The summed E-state index contributed by atoms with van der Waals surface area (Å²) in [6.07, 6.45) is 1.59. The summed E-state index contributed by atoms with van der Waals surface area (Å²) in [4.78, 5) is 26.1. The summed E-state index contributed by atoms with van der Waals surface area (Å²) in [7, 11) is 0. The fourth-order valence-corrected chi connectivity index (χ4v) is 4.02. The number of nitrogens with zero attached hydrogens (tertiary/aromatic N) is 4. The van der Waals surface area contributed by atoms with Crippen LogP contribution in [0.1, 0.15) is 0 Å². The Morgan fingerprint density at radius 3 is 2.70 bits per heavy atom. The van der Waals surface area contributed by atoms with E-state index in [0.717, 1.165) is 29.1 Å². The lowest BCUT2D eigenvalue weighted by Gasteiger charge is -2.35. The molecule has 2 aromatic heterocycles. The van der Waals surface area contributed by atoms with Gasteiger partial charge in [-0.25, -0.2) is 9.97 Å². The van der Waals surface area contributed by atoms with Crippen molar-refractivity contribution < 1.29 is 9.53 Å². The molecule has 1 aliphatic rings. The van der Waals surface area contributed by atoms with E-state index in [0.29, 0.717) is 28.9 Å². The third-order valence-corrected chi connectivity index (χ3v) is 5.99. The molecule has 4 rings (SSSR count). The van der Waals surface area contributed by atoms with Gasteiger partial charge in [-0.05, 0) is 23.6 Å². The number of hydrogen-bond donors (Lipinski definition) is 0. The summed E-state index contributed by atoms with van der Waals surface area (Å²) in [5, 5.41) is 3.93. The summed E-state index contributed by atoms with van der Waals surface area (Å²) < 4.78 is 5.55. The van der Waals surface area contributed by atoms with Crippen molar-refractivity contribution in [1.29, 1.82) is 0 Å². The van der Waals surface area contributed by atoms with Gasteiger partial charge in [0.05, 0.1) is 15.4 Å². The topological polar surface area (TPSA) is 58.6 Å². The van der Waals surface area contributed by atoms with Gasteiger partial charge in [-0.3, -0.25) is 4.79 Å². The highest BCUT2D eigenvalue weighted by Crippen LogP contribution is 2.28. The maximum absolute atomic E-state index is 12.4. The largest absolute Gasteiger partial charge is 0.484 e. The van der Waals surface area contributed by atoms with Gasteiger partial charge < -0.3 is 14.5 Å². The fourth-order valence-electron chi connectivity index (χ4n) is 3.00. The monoisotopic (exact) mass is 422 g/mol. The van der Waals surface area contributed by atoms with Crippen LogP contribution >= 0.6 is 34.5 Å². The standard InChI is InChI=1S/C18H16Cl2N4O2S/c19-14-2-1-12(9-15(14)20)26-10-16(25)23-4-6-24(7-5-23)17-13-3-8-27-18(13)22-11-21-17/h1-3,8-9,11H,4-7,10H2. The minimum atomic E-state index is -0.0518. The van der Waals surface area contributed by atoms with Crippen LogP contribution in [0.4, 0.5) is 5.82 Å². The molecule has 3 heterocycles. The van der Waals surface area contributed by atoms with Gasteiger partial charge in [0.2, 0.25) is 0 Å².